The monoisotopic (exact) mass is 1150 g/mol. The Kier molecular flexibility index (Phi) is 68.1. The molecular formula is C76H138O6. The third kappa shape index (κ3) is 67.9. The van der Waals surface area contributed by atoms with Gasteiger partial charge in [-0.15, -0.1) is 0 Å². The zero-order valence-corrected chi connectivity index (χ0v) is 55.0. The van der Waals surface area contributed by atoms with Gasteiger partial charge in [0.15, 0.2) is 6.10 Å². The van der Waals surface area contributed by atoms with Crippen LogP contribution in [0, 0.1) is 0 Å². The van der Waals surface area contributed by atoms with E-state index in [9.17, 15) is 14.4 Å². The highest BCUT2D eigenvalue weighted by Crippen LogP contribution is 2.18. The van der Waals surface area contributed by atoms with Crippen molar-refractivity contribution in [2.45, 2.75) is 393 Å². The van der Waals surface area contributed by atoms with Crippen molar-refractivity contribution >= 4 is 17.9 Å². The molecule has 0 heterocycles. The second-order valence-electron chi connectivity index (χ2n) is 24.5. The van der Waals surface area contributed by atoms with Gasteiger partial charge in [-0.25, -0.2) is 0 Å². The summed E-state index contributed by atoms with van der Waals surface area (Å²) in [7, 11) is 0. The van der Waals surface area contributed by atoms with Gasteiger partial charge in [-0.3, -0.25) is 14.4 Å². The summed E-state index contributed by atoms with van der Waals surface area (Å²) in [4.78, 5) is 38.5. The van der Waals surface area contributed by atoms with Gasteiger partial charge < -0.3 is 14.2 Å². The van der Waals surface area contributed by atoms with Gasteiger partial charge in [0, 0.05) is 19.3 Å². The number of hydrogen-bond acceptors (Lipinski definition) is 6. The highest BCUT2D eigenvalue weighted by Gasteiger charge is 2.19. The van der Waals surface area contributed by atoms with Crippen molar-refractivity contribution in [1.82, 2.24) is 0 Å². The molecule has 0 bridgehead atoms. The van der Waals surface area contributed by atoms with Crippen LogP contribution in [0.2, 0.25) is 0 Å². The molecule has 0 aromatic heterocycles. The first-order valence-electron chi connectivity index (χ1n) is 36.3. The lowest BCUT2D eigenvalue weighted by atomic mass is 10.0. The molecule has 0 amide bonds. The van der Waals surface area contributed by atoms with Crippen LogP contribution in [0.5, 0.6) is 0 Å². The molecule has 6 heteroatoms. The van der Waals surface area contributed by atoms with Crippen LogP contribution < -0.4 is 0 Å². The number of carbonyl (C=O) groups is 3. The maximum absolute atomic E-state index is 13.0. The minimum atomic E-state index is -0.777. The van der Waals surface area contributed by atoms with Crippen LogP contribution in [0.25, 0.3) is 0 Å². The lowest BCUT2D eigenvalue weighted by Crippen LogP contribution is -2.30. The molecule has 0 saturated carbocycles. The Labute approximate surface area is 510 Å². The molecule has 0 aromatic rings. The molecule has 1 unspecified atom stereocenters. The topological polar surface area (TPSA) is 78.9 Å². The van der Waals surface area contributed by atoms with Crippen LogP contribution in [-0.4, -0.2) is 37.2 Å². The van der Waals surface area contributed by atoms with E-state index in [1.807, 2.05) is 0 Å². The van der Waals surface area contributed by atoms with Crippen molar-refractivity contribution in [2.75, 3.05) is 13.2 Å². The van der Waals surface area contributed by atoms with Gasteiger partial charge in [0.25, 0.3) is 0 Å². The molecule has 478 valence electrons. The molecule has 0 aliphatic rings. The van der Waals surface area contributed by atoms with E-state index >= 15 is 0 Å². The SMILES string of the molecule is CC/C=C\C/C=C\C/C=C\C/C=C\CCCCCCCCCCCCCCCCC(=O)OCC(COC(=O)CCCCCCC/C=C\CCCCCCCCC)OC(=O)CCCCCCCCCCCCCCCCCCCCCCC. The Morgan fingerprint density at radius 3 is 0.756 bits per heavy atom. The average molecular weight is 1150 g/mol. The number of unbranched alkanes of at least 4 members (excludes halogenated alkanes) is 46. The smallest absolute Gasteiger partial charge is 0.306 e. The maximum Gasteiger partial charge on any atom is 0.306 e. The summed E-state index contributed by atoms with van der Waals surface area (Å²) in [6, 6.07) is 0. The van der Waals surface area contributed by atoms with Gasteiger partial charge in [-0.05, 0) is 83.5 Å². The molecule has 0 saturated heterocycles. The number of carbonyl (C=O) groups excluding carboxylic acids is 3. The Balaban J connectivity index is 4.28. The van der Waals surface area contributed by atoms with E-state index in [2.05, 4.69) is 81.5 Å². The molecule has 82 heavy (non-hydrogen) atoms. The average Bonchev–Trinajstić information content (AvgIpc) is 3.47. The molecule has 0 spiro atoms. The lowest BCUT2D eigenvalue weighted by Gasteiger charge is -2.18. The van der Waals surface area contributed by atoms with Crippen molar-refractivity contribution in [3.05, 3.63) is 60.8 Å². The summed E-state index contributed by atoms with van der Waals surface area (Å²) >= 11 is 0. The Morgan fingerprint density at radius 2 is 0.476 bits per heavy atom. The number of rotatable bonds is 67. The highest BCUT2D eigenvalue weighted by atomic mass is 16.6. The van der Waals surface area contributed by atoms with Gasteiger partial charge >= 0.3 is 17.9 Å². The second-order valence-corrected chi connectivity index (χ2v) is 24.5. The van der Waals surface area contributed by atoms with Crippen molar-refractivity contribution in [2.24, 2.45) is 0 Å². The van der Waals surface area contributed by atoms with Gasteiger partial charge in [0.2, 0.25) is 0 Å². The van der Waals surface area contributed by atoms with E-state index < -0.39 is 6.10 Å². The third-order valence-electron chi connectivity index (χ3n) is 16.3. The summed E-state index contributed by atoms with van der Waals surface area (Å²) in [6.45, 7) is 6.59. The molecule has 1 atom stereocenters. The zero-order chi connectivity index (χ0) is 59.2. The van der Waals surface area contributed by atoms with Gasteiger partial charge in [-0.1, -0.05) is 345 Å². The summed E-state index contributed by atoms with van der Waals surface area (Å²) in [5.74, 6) is -0.853. The Hall–Kier alpha value is -2.89. The first-order valence-corrected chi connectivity index (χ1v) is 36.3. The number of allylic oxidation sites excluding steroid dienone is 10. The van der Waals surface area contributed by atoms with Crippen LogP contribution in [0.4, 0.5) is 0 Å². The molecule has 0 aliphatic heterocycles. The highest BCUT2D eigenvalue weighted by molar-refractivity contribution is 5.71. The van der Waals surface area contributed by atoms with Crippen LogP contribution in [-0.2, 0) is 28.6 Å². The van der Waals surface area contributed by atoms with E-state index in [1.54, 1.807) is 0 Å². The van der Waals surface area contributed by atoms with Crippen LogP contribution in [0.1, 0.15) is 387 Å². The molecule has 0 aromatic carbocycles. The minimum Gasteiger partial charge on any atom is -0.462 e. The first-order chi connectivity index (χ1) is 40.5. The molecule has 0 fully saturated rings. The van der Waals surface area contributed by atoms with Gasteiger partial charge in [0.05, 0.1) is 0 Å². The molecule has 0 radical (unpaired) electrons. The van der Waals surface area contributed by atoms with Crippen LogP contribution >= 0.6 is 0 Å². The molecular weight excluding hydrogens is 1010 g/mol. The fourth-order valence-electron chi connectivity index (χ4n) is 10.8. The van der Waals surface area contributed by atoms with Crippen molar-refractivity contribution in [3.63, 3.8) is 0 Å². The van der Waals surface area contributed by atoms with E-state index in [0.29, 0.717) is 19.3 Å². The standard InChI is InChI=1S/C76H138O6/c1-4-7-10-13-16-19-22-25-28-31-33-35-36-37-38-39-40-42-43-45-48-51-54-57-60-63-66-69-75(78)81-72-73(71-80-74(77)68-65-62-59-56-53-50-47-30-27-24-21-18-15-12-9-6-3)82-76(79)70-67-64-61-58-55-52-49-46-44-41-34-32-29-26-23-20-17-14-11-8-5-2/h7,10,16,19,25,28,30,33,35,47,73H,4-6,8-9,11-15,17-18,20-24,26-27,29,31-32,34,36-46,48-72H2,1-3H3/b10-7-,19-16-,28-25-,35-33-,47-30-. The van der Waals surface area contributed by atoms with Gasteiger partial charge in [0.1, 0.15) is 13.2 Å². The quantitative estimate of drug-likeness (QED) is 0.0261. The Bertz CT molecular complexity index is 1460. The summed E-state index contributed by atoms with van der Waals surface area (Å²) in [5.41, 5.74) is 0. The second kappa shape index (κ2) is 70.6. The lowest BCUT2D eigenvalue weighted by molar-refractivity contribution is -0.167. The third-order valence-corrected chi connectivity index (χ3v) is 16.3. The van der Waals surface area contributed by atoms with E-state index in [0.717, 1.165) is 89.9 Å². The predicted octanol–water partition coefficient (Wildman–Crippen LogP) is 25.1. The summed E-state index contributed by atoms with van der Waals surface area (Å²) in [5, 5.41) is 0. The minimum absolute atomic E-state index is 0.0721. The van der Waals surface area contributed by atoms with E-state index in [4.69, 9.17) is 14.2 Å². The molecule has 0 N–H and O–H groups in total. The number of esters is 3. The zero-order valence-electron chi connectivity index (χ0n) is 55.0. The van der Waals surface area contributed by atoms with Crippen molar-refractivity contribution < 1.29 is 28.6 Å². The Morgan fingerprint density at radius 1 is 0.256 bits per heavy atom. The normalized spacial score (nSPS) is 12.4. The van der Waals surface area contributed by atoms with Gasteiger partial charge in [-0.2, -0.15) is 0 Å². The number of ether oxygens (including phenoxy) is 3. The molecule has 0 rings (SSSR count). The number of hydrogen-bond donors (Lipinski definition) is 0. The predicted molar refractivity (Wildman–Crippen MR) is 358 cm³/mol. The summed E-state index contributed by atoms with van der Waals surface area (Å²) in [6.07, 6.45) is 91.1. The van der Waals surface area contributed by atoms with Crippen molar-refractivity contribution in [3.8, 4) is 0 Å². The fraction of sp³-hybridized carbons (Fsp3) is 0.829. The molecule has 6 nitrogen and oxygen atoms in total. The van der Waals surface area contributed by atoms with Crippen molar-refractivity contribution in [1.29, 1.82) is 0 Å². The molecule has 0 aliphatic carbocycles. The largest absolute Gasteiger partial charge is 0.462 e. The maximum atomic E-state index is 13.0. The van der Waals surface area contributed by atoms with E-state index in [1.165, 1.54) is 257 Å². The first kappa shape index (κ1) is 79.1. The van der Waals surface area contributed by atoms with Crippen LogP contribution in [0.3, 0.4) is 0 Å². The fourth-order valence-corrected chi connectivity index (χ4v) is 10.8. The van der Waals surface area contributed by atoms with Crippen LogP contribution in [0.15, 0.2) is 60.8 Å². The summed E-state index contributed by atoms with van der Waals surface area (Å²) < 4.78 is 17.0. The van der Waals surface area contributed by atoms with E-state index in [-0.39, 0.29) is 31.1 Å².